The smallest absolute Gasteiger partial charge is 0.246 e. The number of anilines is 2. The molecule has 1 aliphatic rings. The highest BCUT2D eigenvalue weighted by Crippen LogP contribution is 2.35. The van der Waals surface area contributed by atoms with Gasteiger partial charge in [0.15, 0.2) is 23.3 Å². The third-order valence-corrected chi connectivity index (χ3v) is 6.04. The van der Waals surface area contributed by atoms with Crippen LogP contribution >= 0.6 is 11.6 Å². The highest BCUT2D eigenvalue weighted by atomic mass is 35.5. The van der Waals surface area contributed by atoms with E-state index in [0.29, 0.717) is 24.5 Å². The van der Waals surface area contributed by atoms with Crippen LogP contribution in [0.3, 0.4) is 0 Å². The van der Waals surface area contributed by atoms with Gasteiger partial charge in [-0.25, -0.2) is 27.2 Å². The molecule has 3 heterocycles. The van der Waals surface area contributed by atoms with Crippen LogP contribution in [0, 0.1) is 23.3 Å². The van der Waals surface area contributed by atoms with Gasteiger partial charge < -0.3 is 10.1 Å². The van der Waals surface area contributed by atoms with Gasteiger partial charge in [0.05, 0.1) is 7.11 Å². The van der Waals surface area contributed by atoms with Gasteiger partial charge in [-0.05, 0) is 36.6 Å². The molecule has 0 amide bonds. The predicted octanol–water partition coefficient (Wildman–Crippen LogP) is 5.74. The summed E-state index contributed by atoms with van der Waals surface area (Å²) in [6.07, 6.45) is 4.94. The fourth-order valence-electron chi connectivity index (χ4n) is 4.26. The maximum atomic E-state index is 15.0. The summed E-state index contributed by atoms with van der Waals surface area (Å²) in [5, 5.41) is 7.61. The predicted molar refractivity (Wildman–Crippen MR) is 120 cm³/mol. The normalized spacial score (nSPS) is 15.5. The minimum Gasteiger partial charge on any atom is -0.494 e. The van der Waals surface area contributed by atoms with Crippen molar-refractivity contribution >= 4 is 23.2 Å². The molecule has 5 rings (SSSR count). The lowest BCUT2D eigenvalue weighted by Gasteiger charge is -2.15. The lowest BCUT2D eigenvalue weighted by atomic mass is 9.93. The number of methoxy groups -OCH3 is 1. The van der Waals surface area contributed by atoms with Crippen LogP contribution in [0.5, 0.6) is 5.75 Å². The van der Waals surface area contributed by atoms with Crippen LogP contribution in [-0.4, -0.2) is 31.4 Å². The van der Waals surface area contributed by atoms with Crippen molar-refractivity contribution in [3.63, 3.8) is 0 Å². The Morgan fingerprint density at radius 1 is 1.06 bits per heavy atom. The molecule has 0 unspecified atom stereocenters. The molecule has 0 saturated carbocycles. The Bertz CT molecular complexity index is 1380. The van der Waals surface area contributed by atoms with Gasteiger partial charge >= 0.3 is 0 Å². The topological polar surface area (TPSA) is 69.8 Å². The molecule has 0 spiro atoms. The number of rotatable bonds is 5. The van der Waals surface area contributed by atoms with Crippen LogP contribution in [-0.2, 0) is 6.54 Å². The molecule has 1 N–H and O–H groups in total. The summed E-state index contributed by atoms with van der Waals surface area (Å²) in [5.74, 6) is -4.23. The largest absolute Gasteiger partial charge is 0.494 e. The van der Waals surface area contributed by atoms with E-state index in [4.69, 9.17) is 16.3 Å². The average molecular weight is 507 g/mol. The lowest BCUT2D eigenvalue weighted by molar-refractivity contribution is 0.409. The second-order valence-corrected chi connectivity index (χ2v) is 8.49. The van der Waals surface area contributed by atoms with Crippen LogP contribution in [0.15, 0.2) is 36.8 Å². The van der Waals surface area contributed by atoms with Crippen molar-refractivity contribution in [1.29, 1.82) is 0 Å². The number of aryl methyl sites for hydroxylation is 1. The van der Waals surface area contributed by atoms with Gasteiger partial charge in [-0.15, -0.1) is 5.10 Å². The Labute approximate surface area is 202 Å². The van der Waals surface area contributed by atoms with Crippen molar-refractivity contribution in [2.24, 2.45) is 0 Å². The number of imidazole rings is 1. The molecule has 2 aromatic heterocycles. The van der Waals surface area contributed by atoms with E-state index >= 15 is 4.39 Å². The second kappa shape index (κ2) is 9.21. The van der Waals surface area contributed by atoms with Gasteiger partial charge in [0.25, 0.3) is 0 Å². The number of aromatic nitrogens is 5. The highest BCUT2D eigenvalue weighted by Gasteiger charge is 2.27. The van der Waals surface area contributed by atoms with Gasteiger partial charge in [-0.3, -0.25) is 4.57 Å². The van der Waals surface area contributed by atoms with Crippen LogP contribution < -0.4 is 10.1 Å². The summed E-state index contributed by atoms with van der Waals surface area (Å²) in [7, 11) is 1.41. The zero-order valence-corrected chi connectivity index (χ0v) is 19.2. The third kappa shape index (κ3) is 4.43. The van der Waals surface area contributed by atoms with Crippen LogP contribution in [0.25, 0.3) is 5.69 Å². The maximum Gasteiger partial charge on any atom is 0.246 e. The number of fused-ring (bicyclic) bond motifs is 1. The first-order valence-corrected chi connectivity index (χ1v) is 11.2. The van der Waals surface area contributed by atoms with E-state index in [1.54, 1.807) is 10.7 Å². The molecule has 1 aliphatic heterocycles. The first-order chi connectivity index (χ1) is 16.8. The van der Waals surface area contributed by atoms with E-state index < -0.39 is 29.2 Å². The summed E-state index contributed by atoms with van der Waals surface area (Å²) >= 11 is 5.85. The molecule has 35 heavy (non-hydrogen) atoms. The molecule has 182 valence electrons. The Balaban J connectivity index is 1.48. The van der Waals surface area contributed by atoms with E-state index in [2.05, 4.69) is 20.4 Å². The zero-order valence-electron chi connectivity index (χ0n) is 18.4. The van der Waals surface area contributed by atoms with E-state index in [9.17, 15) is 13.2 Å². The number of hydrogen-bond acceptors (Lipinski definition) is 5. The standard InChI is InChI=1S/C23H19ClF4N6O/c1-35-18-9-13(8-17(27)21(18)33-10-19(24)29-11-33)30-23-31-22-14(4-2-3-5-34(22)32-23)12-6-15(25)20(28)16(26)7-12/h6-11,14H,2-5H2,1H3,(H,30,32)/t14-/m1/s1. The summed E-state index contributed by atoms with van der Waals surface area (Å²) in [6, 6.07) is 4.80. The first-order valence-electron chi connectivity index (χ1n) is 10.8. The summed E-state index contributed by atoms with van der Waals surface area (Å²) in [5.41, 5.74) is 0.733. The van der Waals surface area contributed by atoms with E-state index in [-0.39, 0.29) is 28.1 Å². The third-order valence-electron chi connectivity index (χ3n) is 5.85. The molecule has 2 aromatic carbocycles. The molecule has 0 radical (unpaired) electrons. The van der Waals surface area contributed by atoms with Gasteiger partial charge in [-0.1, -0.05) is 18.0 Å². The molecule has 1 atom stereocenters. The number of nitrogens with zero attached hydrogens (tertiary/aromatic N) is 5. The summed E-state index contributed by atoms with van der Waals surface area (Å²) < 4.78 is 64.7. The van der Waals surface area contributed by atoms with Crippen molar-refractivity contribution in [3.05, 3.63) is 76.6 Å². The minimum atomic E-state index is -1.51. The van der Waals surface area contributed by atoms with E-state index in [1.165, 1.54) is 30.3 Å². The van der Waals surface area contributed by atoms with Gasteiger partial charge in [0.2, 0.25) is 5.95 Å². The van der Waals surface area contributed by atoms with Crippen molar-refractivity contribution in [1.82, 2.24) is 24.3 Å². The van der Waals surface area contributed by atoms with Crippen LogP contribution in [0.2, 0.25) is 5.15 Å². The summed E-state index contributed by atoms with van der Waals surface area (Å²) in [6.45, 7) is 0.546. The SMILES string of the molecule is COc1cc(Nc2nc3n(n2)CCCC[C@@H]3c2cc(F)c(F)c(F)c2)cc(F)c1-n1cnc(Cl)c1. The second-order valence-electron chi connectivity index (χ2n) is 8.10. The summed E-state index contributed by atoms with van der Waals surface area (Å²) in [4.78, 5) is 8.41. The Morgan fingerprint density at radius 2 is 1.83 bits per heavy atom. The molecular formula is C23H19ClF4N6O. The fraction of sp³-hybridized carbons (Fsp3) is 0.261. The molecule has 0 aliphatic carbocycles. The molecule has 0 fully saturated rings. The van der Waals surface area contributed by atoms with Crippen molar-refractivity contribution in [2.45, 2.75) is 31.7 Å². The number of ether oxygens (including phenoxy) is 1. The monoisotopic (exact) mass is 506 g/mol. The van der Waals surface area contributed by atoms with E-state index in [0.717, 1.165) is 25.0 Å². The quantitative estimate of drug-likeness (QED) is 0.276. The first kappa shape index (κ1) is 23.2. The average Bonchev–Trinajstić information content (AvgIpc) is 3.37. The Hall–Kier alpha value is -3.60. The molecule has 7 nitrogen and oxygen atoms in total. The van der Waals surface area contributed by atoms with Crippen molar-refractivity contribution in [2.75, 3.05) is 12.4 Å². The number of benzene rings is 2. The molecule has 4 aromatic rings. The lowest BCUT2D eigenvalue weighted by Crippen LogP contribution is -2.09. The Kier molecular flexibility index (Phi) is 6.10. The molecule has 0 bridgehead atoms. The highest BCUT2D eigenvalue weighted by molar-refractivity contribution is 6.29. The maximum absolute atomic E-state index is 15.0. The van der Waals surface area contributed by atoms with E-state index in [1.807, 2.05) is 0 Å². The minimum absolute atomic E-state index is 0.131. The van der Waals surface area contributed by atoms with Crippen LogP contribution in [0.4, 0.5) is 29.2 Å². The molecule has 0 saturated heterocycles. The number of hydrogen-bond donors (Lipinski definition) is 1. The van der Waals surface area contributed by atoms with Gasteiger partial charge in [0.1, 0.15) is 28.7 Å². The number of nitrogens with one attached hydrogen (secondary N) is 1. The van der Waals surface area contributed by atoms with Gasteiger partial charge in [-0.2, -0.15) is 4.98 Å². The number of halogens is 5. The van der Waals surface area contributed by atoms with Crippen LogP contribution in [0.1, 0.15) is 36.6 Å². The Morgan fingerprint density at radius 3 is 2.51 bits per heavy atom. The molecular weight excluding hydrogens is 488 g/mol. The fourth-order valence-corrected chi connectivity index (χ4v) is 4.41. The zero-order chi connectivity index (χ0) is 24.7. The molecule has 12 heteroatoms. The van der Waals surface area contributed by atoms with Gasteiger partial charge in [0, 0.05) is 30.4 Å². The van der Waals surface area contributed by atoms with Crippen molar-refractivity contribution < 1.29 is 22.3 Å². The van der Waals surface area contributed by atoms with Crippen molar-refractivity contribution in [3.8, 4) is 11.4 Å².